The van der Waals surface area contributed by atoms with E-state index in [0.717, 1.165) is 5.56 Å². The maximum Gasteiger partial charge on any atom is 0.210 e. The monoisotopic (exact) mass is 292 g/mol. The molecule has 2 aromatic rings. The molecule has 106 valence electrons. The van der Waals surface area contributed by atoms with Gasteiger partial charge in [-0.25, -0.2) is 8.42 Å². The van der Waals surface area contributed by atoms with Crippen molar-refractivity contribution in [1.29, 1.82) is 0 Å². The summed E-state index contributed by atoms with van der Waals surface area (Å²) in [5, 5.41) is 19.6. The molecule has 20 heavy (non-hydrogen) atoms. The van der Waals surface area contributed by atoms with Crippen LogP contribution in [0.25, 0.3) is 0 Å². The standard InChI is InChI=1S/C15H16O4S/c1-9-6-11(3)15(14(17)7-9)20(18,19)12-5-4-10(2)13(16)8-12/h4-8,16-17H,1-3H3. The van der Waals surface area contributed by atoms with Gasteiger partial charge >= 0.3 is 0 Å². The van der Waals surface area contributed by atoms with Gasteiger partial charge in [-0.2, -0.15) is 0 Å². The van der Waals surface area contributed by atoms with Crippen molar-refractivity contribution in [2.75, 3.05) is 0 Å². The first-order valence-electron chi connectivity index (χ1n) is 6.08. The van der Waals surface area contributed by atoms with Crippen LogP contribution in [-0.4, -0.2) is 18.6 Å². The van der Waals surface area contributed by atoms with Crippen LogP contribution in [0.3, 0.4) is 0 Å². The van der Waals surface area contributed by atoms with Gasteiger partial charge in [0.1, 0.15) is 16.4 Å². The average Bonchev–Trinajstić information content (AvgIpc) is 2.30. The number of hydrogen-bond acceptors (Lipinski definition) is 4. The van der Waals surface area contributed by atoms with Gasteiger partial charge < -0.3 is 10.2 Å². The van der Waals surface area contributed by atoms with Crippen LogP contribution >= 0.6 is 0 Å². The highest BCUT2D eigenvalue weighted by atomic mass is 32.2. The van der Waals surface area contributed by atoms with Crippen LogP contribution in [-0.2, 0) is 9.84 Å². The fourth-order valence-electron chi connectivity index (χ4n) is 2.16. The molecule has 0 unspecified atom stereocenters. The topological polar surface area (TPSA) is 74.6 Å². The molecule has 0 bridgehead atoms. The Morgan fingerprint density at radius 3 is 2.05 bits per heavy atom. The van der Waals surface area contributed by atoms with E-state index >= 15 is 0 Å². The van der Waals surface area contributed by atoms with Crippen LogP contribution < -0.4 is 0 Å². The molecular formula is C15H16O4S. The zero-order valence-electron chi connectivity index (χ0n) is 11.5. The number of rotatable bonds is 2. The largest absolute Gasteiger partial charge is 0.508 e. The Bertz CT molecular complexity index is 753. The van der Waals surface area contributed by atoms with E-state index in [1.807, 2.05) is 0 Å². The summed E-state index contributed by atoms with van der Waals surface area (Å²) in [6.45, 7) is 5.09. The van der Waals surface area contributed by atoms with Gasteiger partial charge in [0.25, 0.3) is 0 Å². The minimum atomic E-state index is -3.87. The number of phenols is 2. The lowest BCUT2D eigenvalue weighted by atomic mass is 10.1. The van der Waals surface area contributed by atoms with Crippen LogP contribution in [0.5, 0.6) is 11.5 Å². The molecule has 0 saturated heterocycles. The Labute approximate surface area is 118 Å². The maximum absolute atomic E-state index is 12.6. The van der Waals surface area contributed by atoms with Crippen LogP contribution in [0.1, 0.15) is 16.7 Å². The van der Waals surface area contributed by atoms with Crippen molar-refractivity contribution >= 4 is 9.84 Å². The molecule has 5 heteroatoms. The number of benzene rings is 2. The molecule has 0 fully saturated rings. The molecule has 0 radical (unpaired) electrons. The Morgan fingerprint density at radius 1 is 0.850 bits per heavy atom. The lowest BCUT2D eigenvalue weighted by molar-refractivity contribution is 0.456. The smallest absolute Gasteiger partial charge is 0.210 e. The van der Waals surface area contributed by atoms with E-state index < -0.39 is 9.84 Å². The summed E-state index contributed by atoms with van der Waals surface area (Å²) in [4.78, 5) is -0.158. The van der Waals surface area contributed by atoms with E-state index in [0.29, 0.717) is 11.1 Å². The Balaban J connectivity index is 2.70. The van der Waals surface area contributed by atoms with Crippen molar-refractivity contribution in [3.05, 3.63) is 47.0 Å². The first-order valence-corrected chi connectivity index (χ1v) is 7.56. The van der Waals surface area contributed by atoms with Gasteiger partial charge in [-0.15, -0.1) is 0 Å². The normalized spacial score (nSPS) is 11.6. The van der Waals surface area contributed by atoms with Gasteiger partial charge in [-0.1, -0.05) is 12.1 Å². The summed E-state index contributed by atoms with van der Waals surface area (Å²) < 4.78 is 25.2. The molecule has 0 aliphatic heterocycles. The fraction of sp³-hybridized carbons (Fsp3) is 0.200. The van der Waals surface area contributed by atoms with E-state index in [2.05, 4.69) is 0 Å². The van der Waals surface area contributed by atoms with Crippen molar-refractivity contribution in [2.24, 2.45) is 0 Å². The summed E-state index contributed by atoms with van der Waals surface area (Å²) in [6.07, 6.45) is 0. The summed E-state index contributed by atoms with van der Waals surface area (Å²) in [7, 11) is -3.87. The van der Waals surface area contributed by atoms with Gasteiger partial charge in [0.2, 0.25) is 9.84 Å². The van der Waals surface area contributed by atoms with E-state index in [4.69, 9.17) is 0 Å². The van der Waals surface area contributed by atoms with Gasteiger partial charge in [-0.05, 0) is 55.7 Å². The van der Waals surface area contributed by atoms with Crippen LogP contribution in [0.15, 0.2) is 40.1 Å². The molecule has 0 aliphatic rings. The summed E-state index contributed by atoms with van der Waals surface area (Å²) >= 11 is 0. The lowest BCUT2D eigenvalue weighted by Crippen LogP contribution is -2.05. The molecule has 2 rings (SSSR count). The highest BCUT2D eigenvalue weighted by molar-refractivity contribution is 7.91. The van der Waals surface area contributed by atoms with Crippen molar-refractivity contribution < 1.29 is 18.6 Å². The molecule has 0 saturated carbocycles. The SMILES string of the molecule is Cc1cc(C)c(S(=O)(=O)c2ccc(C)c(O)c2)c(O)c1. The molecule has 0 amide bonds. The highest BCUT2D eigenvalue weighted by Crippen LogP contribution is 2.34. The third kappa shape index (κ3) is 2.36. The average molecular weight is 292 g/mol. The Kier molecular flexibility index (Phi) is 3.48. The number of hydrogen-bond donors (Lipinski definition) is 2. The minimum absolute atomic E-state index is 0.0390. The first kappa shape index (κ1) is 14.4. The second-order valence-corrected chi connectivity index (χ2v) is 6.77. The zero-order chi connectivity index (χ0) is 15.1. The molecule has 2 aromatic carbocycles. The van der Waals surface area contributed by atoms with Gasteiger partial charge in [0.05, 0.1) is 4.90 Å². The van der Waals surface area contributed by atoms with E-state index in [1.165, 1.54) is 24.3 Å². The van der Waals surface area contributed by atoms with Crippen LogP contribution in [0, 0.1) is 20.8 Å². The quantitative estimate of drug-likeness (QED) is 0.892. The second kappa shape index (κ2) is 4.83. The molecule has 0 atom stereocenters. The minimum Gasteiger partial charge on any atom is -0.508 e. The molecule has 0 heterocycles. The summed E-state index contributed by atoms with van der Waals surface area (Å²) in [6, 6.07) is 7.25. The number of aryl methyl sites for hydroxylation is 3. The van der Waals surface area contributed by atoms with Gasteiger partial charge in [0, 0.05) is 0 Å². The molecule has 0 aromatic heterocycles. The van der Waals surface area contributed by atoms with Crippen LogP contribution in [0.2, 0.25) is 0 Å². The van der Waals surface area contributed by atoms with Crippen molar-refractivity contribution in [3.8, 4) is 11.5 Å². The maximum atomic E-state index is 12.6. The fourth-order valence-corrected chi connectivity index (χ4v) is 3.72. The zero-order valence-corrected chi connectivity index (χ0v) is 12.3. The Morgan fingerprint density at radius 2 is 1.50 bits per heavy atom. The molecule has 0 spiro atoms. The third-order valence-electron chi connectivity index (χ3n) is 3.16. The highest BCUT2D eigenvalue weighted by Gasteiger charge is 2.24. The van der Waals surface area contributed by atoms with Crippen molar-refractivity contribution in [1.82, 2.24) is 0 Å². The van der Waals surface area contributed by atoms with Crippen molar-refractivity contribution in [3.63, 3.8) is 0 Å². The summed E-state index contributed by atoms with van der Waals surface area (Å²) in [5.41, 5.74) is 1.85. The molecule has 0 aliphatic carbocycles. The Hall–Kier alpha value is -2.01. The number of aromatic hydroxyl groups is 2. The summed E-state index contributed by atoms with van der Waals surface area (Å²) in [5.74, 6) is -0.363. The lowest BCUT2D eigenvalue weighted by Gasteiger charge is -2.11. The van der Waals surface area contributed by atoms with Crippen LogP contribution in [0.4, 0.5) is 0 Å². The number of phenolic OH excluding ortho intramolecular Hbond substituents is 2. The van der Waals surface area contributed by atoms with E-state index in [1.54, 1.807) is 26.8 Å². The third-order valence-corrected chi connectivity index (χ3v) is 5.10. The second-order valence-electron chi connectivity index (χ2n) is 4.88. The molecule has 2 N–H and O–H groups in total. The van der Waals surface area contributed by atoms with Gasteiger partial charge in [-0.3, -0.25) is 0 Å². The van der Waals surface area contributed by atoms with E-state index in [-0.39, 0.29) is 21.3 Å². The molecule has 4 nitrogen and oxygen atoms in total. The predicted octanol–water partition coefficient (Wildman–Crippen LogP) is 2.86. The van der Waals surface area contributed by atoms with Crippen molar-refractivity contribution in [2.45, 2.75) is 30.6 Å². The van der Waals surface area contributed by atoms with E-state index in [9.17, 15) is 18.6 Å². The first-order chi connectivity index (χ1) is 9.23. The number of sulfone groups is 1. The van der Waals surface area contributed by atoms with Gasteiger partial charge in [0.15, 0.2) is 0 Å². The molecular weight excluding hydrogens is 276 g/mol. The predicted molar refractivity (Wildman–Crippen MR) is 75.9 cm³/mol.